The molecule has 18 heavy (non-hydrogen) atoms. The molecular weight excluding hydrogens is 228 g/mol. The van der Waals surface area contributed by atoms with Gasteiger partial charge in [0.2, 0.25) is 0 Å². The lowest BCUT2D eigenvalue weighted by molar-refractivity contribution is -0.0182. The van der Waals surface area contributed by atoms with Gasteiger partial charge in [0.25, 0.3) is 0 Å². The van der Waals surface area contributed by atoms with E-state index in [0.717, 1.165) is 39.2 Å². The highest BCUT2D eigenvalue weighted by Gasteiger charge is 2.17. The second kappa shape index (κ2) is 6.31. The maximum absolute atomic E-state index is 5.72. The maximum Gasteiger partial charge on any atom is 0.0826 e. The number of morpholine rings is 1. The predicted molar refractivity (Wildman–Crippen MR) is 71.5 cm³/mol. The molecule has 1 aromatic heterocycles. The number of hydrogen-bond acceptors (Lipinski definition) is 4. The van der Waals surface area contributed by atoms with E-state index in [1.54, 1.807) is 0 Å². The molecule has 1 saturated heterocycles. The Hall–Kier alpha value is -0.910. The van der Waals surface area contributed by atoms with E-state index in [9.17, 15) is 0 Å². The van der Waals surface area contributed by atoms with Crippen molar-refractivity contribution in [3.63, 3.8) is 0 Å². The van der Waals surface area contributed by atoms with E-state index < -0.39 is 0 Å². The largest absolute Gasteiger partial charge is 0.374 e. The summed E-state index contributed by atoms with van der Waals surface area (Å²) in [6, 6.07) is 0. The van der Waals surface area contributed by atoms with Crippen LogP contribution in [0.4, 0.5) is 0 Å². The third-order valence-electron chi connectivity index (χ3n) is 3.36. The van der Waals surface area contributed by atoms with Crippen molar-refractivity contribution in [2.75, 3.05) is 33.3 Å². The summed E-state index contributed by atoms with van der Waals surface area (Å²) in [5.41, 5.74) is 2.48. The number of nitrogens with one attached hydrogen (secondary N) is 1. The van der Waals surface area contributed by atoms with E-state index in [1.165, 1.54) is 11.3 Å². The number of aromatic nitrogens is 2. The fourth-order valence-electron chi connectivity index (χ4n) is 2.39. The molecule has 2 heterocycles. The quantitative estimate of drug-likeness (QED) is 0.824. The summed E-state index contributed by atoms with van der Waals surface area (Å²) in [5, 5.41) is 7.92. The van der Waals surface area contributed by atoms with Crippen molar-refractivity contribution in [1.29, 1.82) is 0 Å². The van der Waals surface area contributed by atoms with Crippen LogP contribution in [0.5, 0.6) is 0 Å². The van der Waals surface area contributed by atoms with E-state index in [-0.39, 0.29) is 0 Å². The Morgan fingerprint density at radius 3 is 3.06 bits per heavy atom. The van der Waals surface area contributed by atoms with E-state index in [0.29, 0.717) is 6.10 Å². The zero-order chi connectivity index (χ0) is 13.0. The summed E-state index contributed by atoms with van der Waals surface area (Å²) in [7, 11) is 4.12. The molecule has 1 unspecified atom stereocenters. The second-order valence-corrected chi connectivity index (χ2v) is 5.01. The topological polar surface area (TPSA) is 42.3 Å². The molecule has 0 radical (unpaired) electrons. The summed E-state index contributed by atoms with van der Waals surface area (Å²) in [5.74, 6) is 0. The molecule has 1 atom stereocenters. The van der Waals surface area contributed by atoms with Gasteiger partial charge in [-0.3, -0.25) is 4.68 Å². The zero-order valence-corrected chi connectivity index (χ0v) is 11.6. The second-order valence-electron chi connectivity index (χ2n) is 5.01. The van der Waals surface area contributed by atoms with Crippen molar-refractivity contribution >= 4 is 0 Å². The number of nitrogens with zero attached hydrogens (tertiary/aromatic N) is 3. The summed E-state index contributed by atoms with van der Waals surface area (Å²) >= 11 is 0. The number of hydrogen-bond donors (Lipinski definition) is 1. The van der Waals surface area contributed by atoms with Crippen LogP contribution in [0.1, 0.15) is 18.2 Å². The minimum Gasteiger partial charge on any atom is -0.374 e. The lowest BCUT2D eigenvalue weighted by Crippen LogP contribution is -2.44. The van der Waals surface area contributed by atoms with Gasteiger partial charge in [-0.25, -0.2) is 0 Å². The van der Waals surface area contributed by atoms with Crippen molar-refractivity contribution in [1.82, 2.24) is 20.0 Å². The summed E-state index contributed by atoms with van der Waals surface area (Å²) < 4.78 is 7.61. The van der Waals surface area contributed by atoms with Crippen molar-refractivity contribution in [2.45, 2.75) is 26.0 Å². The molecule has 0 saturated carbocycles. The van der Waals surface area contributed by atoms with Crippen molar-refractivity contribution in [3.05, 3.63) is 17.5 Å². The van der Waals surface area contributed by atoms with Crippen LogP contribution in [-0.2, 0) is 24.8 Å². The molecule has 102 valence electrons. The number of aryl methyl sites for hydroxylation is 2. The van der Waals surface area contributed by atoms with Gasteiger partial charge in [0.15, 0.2) is 0 Å². The van der Waals surface area contributed by atoms with Gasteiger partial charge >= 0.3 is 0 Å². The van der Waals surface area contributed by atoms with Crippen LogP contribution >= 0.6 is 0 Å². The Bertz CT molecular complexity index is 377. The fraction of sp³-hybridized carbons (Fsp3) is 0.769. The normalized spacial score (nSPS) is 21.4. The number of rotatable bonds is 5. The number of ether oxygens (including phenoxy) is 1. The zero-order valence-electron chi connectivity index (χ0n) is 11.6. The first kappa shape index (κ1) is 13.5. The average molecular weight is 252 g/mol. The first-order valence-corrected chi connectivity index (χ1v) is 6.71. The van der Waals surface area contributed by atoms with Crippen LogP contribution in [0.2, 0.25) is 0 Å². The van der Waals surface area contributed by atoms with Crippen LogP contribution in [0.15, 0.2) is 6.20 Å². The van der Waals surface area contributed by atoms with Crippen LogP contribution in [0.25, 0.3) is 0 Å². The molecule has 0 spiro atoms. The Morgan fingerprint density at radius 2 is 2.33 bits per heavy atom. The van der Waals surface area contributed by atoms with Crippen LogP contribution in [0.3, 0.4) is 0 Å². The maximum atomic E-state index is 5.72. The fourth-order valence-corrected chi connectivity index (χ4v) is 2.39. The standard InChI is InChI=1S/C13H24N4O/c1-4-13-11(9-17(3)15-13)7-14-8-12-10-16(2)5-6-18-12/h9,12,14H,4-8,10H2,1-3H3. The van der Waals surface area contributed by atoms with E-state index >= 15 is 0 Å². The Morgan fingerprint density at radius 1 is 1.50 bits per heavy atom. The minimum atomic E-state index is 0.311. The van der Waals surface area contributed by atoms with Gasteiger partial charge in [-0.2, -0.15) is 5.10 Å². The third kappa shape index (κ3) is 3.54. The van der Waals surface area contributed by atoms with Gasteiger partial charge < -0.3 is 15.0 Å². The molecule has 1 aliphatic rings. The highest BCUT2D eigenvalue weighted by Crippen LogP contribution is 2.07. The van der Waals surface area contributed by atoms with Gasteiger partial charge in [0.05, 0.1) is 18.4 Å². The van der Waals surface area contributed by atoms with Gasteiger partial charge in [-0.05, 0) is 13.5 Å². The minimum absolute atomic E-state index is 0.311. The van der Waals surface area contributed by atoms with Crippen molar-refractivity contribution in [3.8, 4) is 0 Å². The first-order chi connectivity index (χ1) is 8.69. The van der Waals surface area contributed by atoms with Crippen molar-refractivity contribution < 1.29 is 4.74 Å². The van der Waals surface area contributed by atoms with Crippen LogP contribution < -0.4 is 5.32 Å². The molecular formula is C13H24N4O. The summed E-state index contributed by atoms with van der Waals surface area (Å²) in [6.45, 7) is 6.82. The molecule has 0 aliphatic carbocycles. The van der Waals surface area contributed by atoms with Crippen LogP contribution in [0, 0.1) is 0 Å². The number of likely N-dealkylation sites (N-methyl/N-ethyl adjacent to an activating group) is 1. The van der Waals surface area contributed by atoms with Gasteiger partial charge in [-0.1, -0.05) is 6.92 Å². The molecule has 0 amide bonds. The van der Waals surface area contributed by atoms with Gasteiger partial charge in [-0.15, -0.1) is 0 Å². The lowest BCUT2D eigenvalue weighted by atomic mass is 10.2. The summed E-state index contributed by atoms with van der Waals surface area (Å²) in [6.07, 6.45) is 3.39. The predicted octanol–water partition coefficient (Wildman–Crippen LogP) is 0.403. The smallest absolute Gasteiger partial charge is 0.0826 e. The van der Waals surface area contributed by atoms with E-state index in [1.807, 2.05) is 11.7 Å². The Balaban J connectivity index is 1.77. The summed E-state index contributed by atoms with van der Waals surface area (Å²) in [4.78, 5) is 2.32. The highest BCUT2D eigenvalue weighted by molar-refractivity contribution is 5.16. The molecule has 0 bridgehead atoms. The van der Waals surface area contributed by atoms with E-state index in [2.05, 4.69) is 35.5 Å². The molecule has 1 aliphatic heterocycles. The third-order valence-corrected chi connectivity index (χ3v) is 3.36. The molecule has 5 heteroatoms. The first-order valence-electron chi connectivity index (χ1n) is 6.71. The molecule has 2 rings (SSSR count). The van der Waals surface area contributed by atoms with Crippen LogP contribution in [-0.4, -0.2) is 54.1 Å². The highest BCUT2D eigenvalue weighted by atomic mass is 16.5. The SMILES string of the molecule is CCc1nn(C)cc1CNCC1CN(C)CCO1. The average Bonchev–Trinajstić information content (AvgIpc) is 2.70. The molecule has 1 N–H and O–H groups in total. The molecule has 0 aromatic carbocycles. The molecule has 1 fully saturated rings. The monoisotopic (exact) mass is 252 g/mol. The van der Waals surface area contributed by atoms with E-state index in [4.69, 9.17) is 4.74 Å². The van der Waals surface area contributed by atoms with Gasteiger partial charge in [0, 0.05) is 45.0 Å². The van der Waals surface area contributed by atoms with Gasteiger partial charge in [0.1, 0.15) is 0 Å². The Labute approximate surface area is 109 Å². The molecule has 5 nitrogen and oxygen atoms in total. The van der Waals surface area contributed by atoms with Crippen molar-refractivity contribution in [2.24, 2.45) is 7.05 Å². The Kier molecular flexibility index (Phi) is 4.74. The molecule has 1 aromatic rings. The lowest BCUT2D eigenvalue weighted by Gasteiger charge is -2.30.